The molecular weight excluding hydrogens is 672 g/mol. The number of benzene rings is 1. The summed E-state index contributed by atoms with van der Waals surface area (Å²) in [7, 11) is 3.67. The van der Waals surface area contributed by atoms with E-state index in [4.69, 9.17) is 16.3 Å². The number of likely N-dealkylation sites (N-methyl/N-ethyl adjacent to an activating group) is 1. The van der Waals surface area contributed by atoms with Gasteiger partial charge in [-0.05, 0) is 80.3 Å². The number of carbonyl (C=O) groups is 3. The van der Waals surface area contributed by atoms with Crippen LogP contribution < -0.4 is 25.8 Å². The van der Waals surface area contributed by atoms with Crippen molar-refractivity contribution in [3.8, 4) is 5.75 Å². The van der Waals surface area contributed by atoms with Gasteiger partial charge in [-0.2, -0.15) is 5.10 Å². The fourth-order valence-electron chi connectivity index (χ4n) is 8.05. The second-order valence-corrected chi connectivity index (χ2v) is 15.0. The number of rotatable bonds is 7. The van der Waals surface area contributed by atoms with E-state index in [1.54, 1.807) is 19.4 Å². The van der Waals surface area contributed by atoms with Crippen LogP contribution in [-0.4, -0.2) is 101 Å². The van der Waals surface area contributed by atoms with Crippen molar-refractivity contribution in [1.82, 2.24) is 29.9 Å². The number of aryl methyl sites for hydroxylation is 1. The molecule has 4 aliphatic heterocycles. The summed E-state index contributed by atoms with van der Waals surface area (Å²) in [5.74, 6) is 1.08. The van der Waals surface area contributed by atoms with E-state index < -0.39 is 12.0 Å². The van der Waals surface area contributed by atoms with Crippen LogP contribution in [-0.2, 0) is 16.6 Å². The summed E-state index contributed by atoms with van der Waals surface area (Å²) in [6.45, 7) is 5.03. The number of ether oxygens (including phenoxy) is 1. The number of nitrogens with one attached hydrogen (secondary N) is 2. The van der Waals surface area contributed by atoms with Crippen molar-refractivity contribution in [2.24, 2.45) is 12.5 Å². The average Bonchev–Trinajstić information content (AvgIpc) is 3.14. The van der Waals surface area contributed by atoms with Crippen LogP contribution in [0.5, 0.6) is 5.75 Å². The van der Waals surface area contributed by atoms with Gasteiger partial charge in [0.1, 0.15) is 16.6 Å². The number of imide groups is 1. The van der Waals surface area contributed by atoms with Gasteiger partial charge in [-0.15, -0.1) is 0 Å². The van der Waals surface area contributed by atoms with Gasteiger partial charge < -0.3 is 24.8 Å². The number of hydrogen-bond donors (Lipinski definition) is 2. The molecule has 13 nitrogen and oxygen atoms in total. The van der Waals surface area contributed by atoms with Crippen LogP contribution in [0.2, 0.25) is 5.02 Å². The Morgan fingerprint density at radius 2 is 1.69 bits per heavy atom. The van der Waals surface area contributed by atoms with Crippen LogP contribution in [0.15, 0.2) is 53.6 Å². The molecule has 6 heterocycles. The zero-order chi connectivity index (χ0) is 35.7. The molecule has 2 N–H and O–H groups in total. The minimum atomic E-state index is -0.679. The van der Waals surface area contributed by atoms with Gasteiger partial charge in [0.2, 0.25) is 5.91 Å². The minimum Gasteiger partial charge on any atom is -0.479 e. The number of piperidine rings is 4. The molecule has 270 valence electrons. The Balaban J connectivity index is 0.887. The number of carbonyl (C=O) groups excluding carboxylic acids is 3. The van der Waals surface area contributed by atoms with Gasteiger partial charge in [0, 0.05) is 70.8 Å². The summed E-state index contributed by atoms with van der Waals surface area (Å²) in [6, 6.07) is 12.0. The van der Waals surface area contributed by atoms with Crippen molar-refractivity contribution in [2.45, 2.75) is 63.0 Å². The lowest BCUT2D eigenvalue weighted by molar-refractivity contribution is -0.138. The molecule has 4 saturated heterocycles. The lowest BCUT2D eigenvalue weighted by atomic mass is 9.71. The van der Waals surface area contributed by atoms with Gasteiger partial charge in [0.25, 0.3) is 17.4 Å². The average molecular weight is 717 g/mol. The van der Waals surface area contributed by atoms with Crippen LogP contribution in [0, 0.1) is 5.41 Å². The number of pyridine rings is 1. The largest absolute Gasteiger partial charge is 0.479 e. The van der Waals surface area contributed by atoms with Gasteiger partial charge in [0.05, 0.1) is 18.1 Å². The van der Waals surface area contributed by atoms with Crippen LogP contribution in [0.1, 0.15) is 66.8 Å². The molecule has 3 amide bonds. The van der Waals surface area contributed by atoms with Crippen LogP contribution in [0.4, 0.5) is 11.5 Å². The summed E-state index contributed by atoms with van der Waals surface area (Å²) >= 11 is 6.32. The summed E-state index contributed by atoms with van der Waals surface area (Å²) in [5, 5.41) is 10.0. The highest BCUT2D eigenvalue weighted by Gasteiger charge is 2.39. The molecular formula is C37H45ClN8O5. The predicted octanol–water partition coefficient (Wildman–Crippen LogP) is 3.44. The minimum absolute atomic E-state index is 0.0887. The Hall–Kier alpha value is -4.49. The summed E-state index contributed by atoms with van der Waals surface area (Å²) < 4.78 is 7.01. The van der Waals surface area contributed by atoms with Gasteiger partial charge in [-0.25, -0.2) is 9.67 Å². The highest BCUT2D eigenvalue weighted by atomic mass is 35.5. The van der Waals surface area contributed by atoms with Crippen LogP contribution in [0.25, 0.3) is 0 Å². The third-order valence-corrected chi connectivity index (χ3v) is 11.5. The lowest BCUT2D eigenvalue weighted by Gasteiger charge is -2.47. The van der Waals surface area contributed by atoms with Crippen molar-refractivity contribution in [3.05, 3.63) is 75.3 Å². The van der Waals surface area contributed by atoms with Gasteiger partial charge in [-0.3, -0.25) is 24.5 Å². The number of anilines is 2. The van der Waals surface area contributed by atoms with E-state index in [1.165, 1.54) is 10.2 Å². The Bertz CT molecular complexity index is 1820. The fourth-order valence-corrected chi connectivity index (χ4v) is 8.28. The van der Waals surface area contributed by atoms with Gasteiger partial charge in [-0.1, -0.05) is 23.7 Å². The van der Waals surface area contributed by atoms with Crippen LogP contribution in [0.3, 0.4) is 0 Å². The zero-order valence-electron chi connectivity index (χ0n) is 29.1. The summed E-state index contributed by atoms with van der Waals surface area (Å²) in [4.78, 5) is 60.4. The van der Waals surface area contributed by atoms with Crippen molar-refractivity contribution < 1.29 is 19.1 Å². The molecule has 3 aromatic rings. The predicted molar refractivity (Wildman–Crippen MR) is 193 cm³/mol. The first-order valence-electron chi connectivity index (χ1n) is 17.8. The van der Waals surface area contributed by atoms with Crippen molar-refractivity contribution in [3.63, 3.8) is 0 Å². The third-order valence-electron chi connectivity index (χ3n) is 11.1. The maximum atomic E-state index is 13.6. The molecule has 7 rings (SSSR count). The van der Waals surface area contributed by atoms with E-state index in [9.17, 15) is 19.2 Å². The molecule has 1 unspecified atom stereocenters. The topological polar surface area (TPSA) is 142 Å². The molecule has 4 fully saturated rings. The Kier molecular flexibility index (Phi) is 10.0. The van der Waals surface area contributed by atoms with E-state index in [0.717, 1.165) is 82.8 Å². The van der Waals surface area contributed by atoms with E-state index in [-0.39, 0.29) is 46.2 Å². The molecule has 0 radical (unpaired) electrons. The number of aromatic nitrogens is 3. The normalized spacial score (nSPS) is 23.9. The standard InChI is InChI=1S/C37H45ClN8O5/c1-43-22-26(19-27(23-43)41-29-21-40-44(2)36(50)33(29)38)24-3-5-25(6-4-24)35(49)46-17-13-37(14-18-46)11-15-45(16-12-37)31-9-7-28(20-39-31)51-30-8-10-32(47)42-34(30)48/h3-7,9,20-21,26-27,30,41H,8,10-19,22-23H2,1-2H3,(H,42,47,48)/t26-,27+,30?/m0/s1. The van der Waals surface area contributed by atoms with Crippen molar-refractivity contribution in [2.75, 3.05) is 56.5 Å². The highest BCUT2D eigenvalue weighted by molar-refractivity contribution is 6.32. The third kappa shape index (κ3) is 7.74. The maximum absolute atomic E-state index is 13.6. The van der Waals surface area contributed by atoms with E-state index >= 15 is 0 Å². The first-order valence-corrected chi connectivity index (χ1v) is 18.2. The molecule has 0 bridgehead atoms. The number of likely N-dealkylation sites (tertiary alicyclic amines) is 2. The quantitative estimate of drug-likeness (QED) is 0.350. The zero-order valence-corrected chi connectivity index (χ0v) is 29.9. The SMILES string of the molecule is CN1C[C@H](Nc2cnn(C)c(=O)c2Cl)C[C@H](c2ccc(C(=O)N3CCC4(CC3)CCN(c3ccc(OC5CCC(=O)NC5=O)cn3)CC4)cc2)C1. The second kappa shape index (κ2) is 14.6. The summed E-state index contributed by atoms with van der Waals surface area (Å²) in [6.07, 6.45) is 8.16. The number of halogens is 1. The lowest BCUT2D eigenvalue weighted by Crippen LogP contribution is -2.48. The Morgan fingerprint density at radius 1 is 0.961 bits per heavy atom. The molecule has 0 saturated carbocycles. The number of hydrogen-bond acceptors (Lipinski definition) is 10. The molecule has 1 aromatic carbocycles. The molecule has 51 heavy (non-hydrogen) atoms. The molecule has 0 aliphatic carbocycles. The molecule has 14 heteroatoms. The van der Waals surface area contributed by atoms with E-state index in [2.05, 4.69) is 49.7 Å². The van der Waals surface area contributed by atoms with E-state index in [1.807, 2.05) is 29.2 Å². The number of amides is 3. The molecule has 1 spiro atoms. The molecule has 4 aliphatic rings. The van der Waals surface area contributed by atoms with Gasteiger partial charge >= 0.3 is 0 Å². The van der Waals surface area contributed by atoms with Crippen molar-refractivity contribution in [1.29, 1.82) is 0 Å². The number of nitrogens with zero attached hydrogens (tertiary/aromatic N) is 6. The monoisotopic (exact) mass is 716 g/mol. The second-order valence-electron chi connectivity index (χ2n) is 14.6. The highest BCUT2D eigenvalue weighted by Crippen LogP contribution is 2.42. The Morgan fingerprint density at radius 3 is 2.37 bits per heavy atom. The smallest absolute Gasteiger partial charge is 0.287 e. The molecule has 3 atom stereocenters. The first kappa shape index (κ1) is 34.9. The fraction of sp³-hybridized carbons (Fsp3) is 0.514. The molecule has 2 aromatic heterocycles. The summed E-state index contributed by atoms with van der Waals surface area (Å²) in [5.41, 5.74) is 2.37. The maximum Gasteiger partial charge on any atom is 0.287 e. The van der Waals surface area contributed by atoms with Crippen LogP contribution >= 0.6 is 11.6 Å². The Labute approximate surface area is 302 Å². The van der Waals surface area contributed by atoms with Gasteiger partial charge in [0.15, 0.2) is 6.10 Å². The first-order chi connectivity index (χ1) is 24.6. The van der Waals surface area contributed by atoms with Crippen molar-refractivity contribution >= 4 is 40.8 Å². The van der Waals surface area contributed by atoms with E-state index in [0.29, 0.717) is 17.9 Å².